The van der Waals surface area contributed by atoms with Gasteiger partial charge in [0.2, 0.25) is 0 Å². The summed E-state index contributed by atoms with van der Waals surface area (Å²) < 4.78 is 13.4. The highest BCUT2D eigenvalue weighted by atomic mass is 19.1. The minimum absolute atomic E-state index is 0.282. The largest absolute Gasteiger partial charge is 0.478 e. The maximum atomic E-state index is 13.4. The van der Waals surface area contributed by atoms with E-state index in [1.807, 2.05) is 0 Å². The van der Waals surface area contributed by atoms with Crippen molar-refractivity contribution in [3.8, 4) is 0 Å². The summed E-state index contributed by atoms with van der Waals surface area (Å²) in [4.78, 5) is 10.7. The number of aromatic carboxylic acids is 1. The molecule has 18 heavy (non-hydrogen) atoms. The topological polar surface area (TPSA) is 49.3 Å². The van der Waals surface area contributed by atoms with Gasteiger partial charge in [-0.25, -0.2) is 9.18 Å². The van der Waals surface area contributed by atoms with Gasteiger partial charge >= 0.3 is 5.97 Å². The molecule has 2 atom stereocenters. The molecule has 0 bridgehead atoms. The van der Waals surface area contributed by atoms with E-state index in [-0.39, 0.29) is 5.56 Å². The summed E-state index contributed by atoms with van der Waals surface area (Å²) in [6, 6.07) is 4.17. The SMILES string of the molecule is CC1CCC(CNc2ccc(C(=O)O)c(F)c2)C1. The van der Waals surface area contributed by atoms with Crippen LogP contribution in [0.3, 0.4) is 0 Å². The van der Waals surface area contributed by atoms with E-state index >= 15 is 0 Å². The van der Waals surface area contributed by atoms with Crippen molar-refractivity contribution in [2.75, 3.05) is 11.9 Å². The van der Waals surface area contributed by atoms with Gasteiger partial charge in [0.1, 0.15) is 5.82 Å². The fraction of sp³-hybridized carbons (Fsp3) is 0.500. The van der Waals surface area contributed by atoms with E-state index in [2.05, 4.69) is 12.2 Å². The highest BCUT2D eigenvalue weighted by Crippen LogP contribution is 2.30. The van der Waals surface area contributed by atoms with E-state index in [4.69, 9.17) is 5.11 Å². The van der Waals surface area contributed by atoms with E-state index < -0.39 is 11.8 Å². The van der Waals surface area contributed by atoms with Crippen LogP contribution in [0.25, 0.3) is 0 Å². The summed E-state index contributed by atoms with van der Waals surface area (Å²) >= 11 is 0. The summed E-state index contributed by atoms with van der Waals surface area (Å²) in [6.07, 6.45) is 3.69. The molecule has 2 rings (SSSR count). The maximum Gasteiger partial charge on any atom is 0.338 e. The predicted octanol–water partition coefficient (Wildman–Crippen LogP) is 3.37. The lowest BCUT2D eigenvalue weighted by molar-refractivity contribution is 0.0692. The molecule has 1 aromatic carbocycles. The third-order valence-electron chi connectivity index (χ3n) is 3.60. The molecule has 0 aliphatic heterocycles. The number of carbonyl (C=O) groups is 1. The number of halogens is 1. The van der Waals surface area contributed by atoms with Crippen molar-refractivity contribution in [2.45, 2.75) is 26.2 Å². The van der Waals surface area contributed by atoms with Gasteiger partial charge in [-0.15, -0.1) is 0 Å². The van der Waals surface area contributed by atoms with Gasteiger partial charge in [-0.05, 0) is 42.9 Å². The Hall–Kier alpha value is -1.58. The second-order valence-corrected chi connectivity index (χ2v) is 5.16. The highest BCUT2D eigenvalue weighted by molar-refractivity contribution is 5.88. The Bertz CT molecular complexity index is 447. The van der Waals surface area contributed by atoms with Crippen LogP contribution >= 0.6 is 0 Å². The van der Waals surface area contributed by atoms with Gasteiger partial charge in [0.15, 0.2) is 0 Å². The van der Waals surface area contributed by atoms with Gasteiger partial charge in [-0.2, -0.15) is 0 Å². The standard InChI is InChI=1S/C14H18FNO2/c1-9-2-3-10(6-9)8-16-11-4-5-12(14(17)18)13(15)7-11/h4-5,7,9-10,16H,2-3,6,8H2,1H3,(H,17,18). The predicted molar refractivity (Wildman–Crippen MR) is 68.4 cm³/mol. The molecule has 1 saturated carbocycles. The summed E-state index contributed by atoms with van der Waals surface area (Å²) in [6.45, 7) is 3.08. The second kappa shape index (κ2) is 5.38. The summed E-state index contributed by atoms with van der Waals surface area (Å²) in [5, 5.41) is 11.9. The van der Waals surface area contributed by atoms with Crippen molar-refractivity contribution in [3.63, 3.8) is 0 Å². The molecule has 1 aliphatic rings. The Morgan fingerprint density at radius 2 is 2.28 bits per heavy atom. The number of carboxylic acids is 1. The van der Waals surface area contributed by atoms with Crippen molar-refractivity contribution in [3.05, 3.63) is 29.6 Å². The van der Waals surface area contributed by atoms with Crippen LogP contribution in [0.1, 0.15) is 36.5 Å². The van der Waals surface area contributed by atoms with E-state index in [9.17, 15) is 9.18 Å². The minimum atomic E-state index is -1.23. The van der Waals surface area contributed by atoms with Crippen LogP contribution in [0, 0.1) is 17.7 Å². The summed E-state index contributed by atoms with van der Waals surface area (Å²) in [7, 11) is 0. The second-order valence-electron chi connectivity index (χ2n) is 5.16. The molecule has 0 aromatic heterocycles. The lowest BCUT2D eigenvalue weighted by Gasteiger charge is -2.12. The van der Waals surface area contributed by atoms with Gasteiger partial charge < -0.3 is 10.4 Å². The Labute approximate surface area is 106 Å². The quantitative estimate of drug-likeness (QED) is 0.862. The first-order chi connectivity index (χ1) is 8.56. The molecule has 3 nitrogen and oxygen atoms in total. The van der Waals surface area contributed by atoms with Crippen LogP contribution < -0.4 is 5.32 Å². The number of nitrogens with one attached hydrogen (secondary N) is 1. The van der Waals surface area contributed by atoms with Gasteiger partial charge in [0.05, 0.1) is 5.56 Å². The molecule has 2 unspecified atom stereocenters. The Morgan fingerprint density at radius 3 is 2.83 bits per heavy atom. The van der Waals surface area contributed by atoms with Crippen molar-refractivity contribution in [2.24, 2.45) is 11.8 Å². The lowest BCUT2D eigenvalue weighted by Crippen LogP contribution is -2.12. The average molecular weight is 251 g/mol. The molecular formula is C14H18FNO2. The Morgan fingerprint density at radius 1 is 1.50 bits per heavy atom. The van der Waals surface area contributed by atoms with Crippen molar-refractivity contribution >= 4 is 11.7 Å². The van der Waals surface area contributed by atoms with E-state index in [1.54, 1.807) is 6.07 Å². The van der Waals surface area contributed by atoms with Crippen LogP contribution in [0.2, 0.25) is 0 Å². The highest BCUT2D eigenvalue weighted by Gasteiger charge is 2.21. The molecule has 1 aromatic rings. The zero-order valence-corrected chi connectivity index (χ0v) is 10.4. The normalized spacial score (nSPS) is 23.0. The van der Waals surface area contributed by atoms with Gasteiger partial charge in [-0.1, -0.05) is 13.3 Å². The molecule has 1 aliphatic carbocycles. The number of carboxylic acid groups (broad SMARTS) is 1. The Kier molecular flexibility index (Phi) is 3.84. The molecule has 1 fully saturated rings. The maximum absolute atomic E-state index is 13.4. The molecule has 0 radical (unpaired) electrons. The molecule has 98 valence electrons. The first kappa shape index (κ1) is 12.9. The van der Waals surface area contributed by atoms with Gasteiger partial charge in [-0.3, -0.25) is 0 Å². The number of rotatable bonds is 4. The van der Waals surface area contributed by atoms with Crippen LogP contribution in [-0.2, 0) is 0 Å². The number of hydrogen-bond acceptors (Lipinski definition) is 2. The smallest absolute Gasteiger partial charge is 0.338 e. The first-order valence-corrected chi connectivity index (χ1v) is 6.33. The molecule has 2 N–H and O–H groups in total. The van der Waals surface area contributed by atoms with Crippen LogP contribution in [0.5, 0.6) is 0 Å². The van der Waals surface area contributed by atoms with Gasteiger partial charge in [0.25, 0.3) is 0 Å². The van der Waals surface area contributed by atoms with Crippen LogP contribution in [0.15, 0.2) is 18.2 Å². The fourth-order valence-corrected chi connectivity index (χ4v) is 2.57. The van der Waals surface area contributed by atoms with Crippen molar-refractivity contribution in [1.82, 2.24) is 0 Å². The third kappa shape index (κ3) is 3.00. The van der Waals surface area contributed by atoms with Crippen molar-refractivity contribution < 1.29 is 14.3 Å². The average Bonchev–Trinajstić information content (AvgIpc) is 2.72. The van der Waals surface area contributed by atoms with E-state index in [1.165, 1.54) is 31.4 Å². The van der Waals surface area contributed by atoms with E-state index in [0.29, 0.717) is 11.6 Å². The Balaban J connectivity index is 1.94. The molecule has 0 amide bonds. The monoisotopic (exact) mass is 251 g/mol. The van der Waals surface area contributed by atoms with Crippen molar-refractivity contribution in [1.29, 1.82) is 0 Å². The summed E-state index contributed by atoms with van der Waals surface area (Å²) in [5.74, 6) is -0.499. The van der Waals surface area contributed by atoms with E-state index in [0.717, 1.165) is 12.5 Å². The number of benzene rings is 1. The van der Waals surface area contributed by atoms with Gasteiger partial charge in [0, 0.05) is 12.2 Å². The molecule has 0 saturated heterocycles. The fourth-order valence-electron chi connectivity index (χ4n) is 2.57. The third-order valence-corrected chi connectivity index (χ3v) is 3.60. The number of anilines is 1. The molecule has 0 heterocycles. The zero-order chi connectivity index (χ0) is 13.1. The summed E-state index contributed by atoms with van der Waals surface area (Å²) in [5.41, 5.74) is 0.368. The zero-order valence-electron chi connectivity index (χ0n) is 10.4. The molecule has 0 spiro atoms. The van der Waals surface area contributed by atoms with Crippen LogP contribution in [0.4, 0.5) is 10.1 Å². The number of hydrogen-bond donors (Lipinski definition) is 2. The molecular weight excluding hydrogens is 233 g/mol. The molecule has 4 heteroatoms. The van der Waals surface area contributed by atoms with Crippen LogP contribution in [-0.4, -0.2) is 17.6 Å². The lowest BCUT2D eigenvalue weighted by atomic mass is 10.1. The minimum Gasteiger partial charge on any atom is -0.478 e. The first-order valence-electron chi connectivity index (χ1n) is 6.33.